The number of aliphatic hydroxyl groups excluding tert-OH is 1. The normalized spacial score (nSPS) is 13.7. The van der Waals surface area contributed by atoms with Crippen LogP contribution in [0.15, 0.2) is 47.8 Å². The number of thiophene rings is 1. The third-order valence-electron chi connectivity index (χ3n) is 3.30. The molecule has 0 aliphatic carbocycles. The zero-order valence-corrected chi connectivity index (χ0v) is 12.3. The Labute approximate surface area is 123 Å². The van der Waals surface area contributed by atoms with E-state index in [2.05, 4.69) is 5.32 Å². The lowest BCUT2D eigenvalue weighted by Crippen LogP contribution is -2.32. The van der Waals surface area contributed by atoms with Gasteiger partial charge in [0.1, 0.15) is 0 Å². The van der Waals surface area contributed by atoms with E-state index in [9.17, 15) is 9.90 Å². The third kappa shape index (κ3) is 3.68. The molecule has 0 radical (unpaired) electrons. The minimum absolute atomic E-state index is 0.00486. The molecule has 0 aliphatic heterocycles. The van der Waals surface area contributed by atoms with Crippen molar-refractivity contribution in [3.63, 3.8) is 0 Å². The molecule has 1 amide bonds. The van der Waals surface area contributed by atoms with Crippen molar-refractivity contribution in [1.29, 1.82) is 0 Å². The summed E-state index contributed by atoms with van der Waals surface area (Å²) in [6, 6.07) is 13.5. The summed E-state index contributed by atoms with van der Waals surface area (Å²) in [5.41, 5.74) is 1.02. The van der Waals surface area contributed by atoms with Gasteiger partial charge in [-0.3, -0.25) is 4.79 Å². The molecule has 106 valence electrons. The Kier molecular flexibility index (Phi) is 5.32. The van der Waals surface area contributed by atoms with E-state index < -0.39 is 0 Å². The van der Waals surface area contributed by atoms with Gasteiger partial charge in [-0.1, -0.05) is 36.4 Å². The van der Waals surface area contributed by atoms with Crippen molar-refractivity contribution in [2.75, 3.05) is 6.61 Å². The van der Waals surface area contributed by atoms with Crippen LogP contribution in [0.1, 0.15) is 35.7 Å². The Balaban J connectivity index is 2.06. The van der Waals surface area contributed by atoms with Gasteiger partial charge in [0.2, 0.25) is 5.91 Å². The van der Waals surface area contributed by atoms with E-state index in [1.165, 1.54) is 0 Å². The molecule has 0 fully saturated rings. The maximum absolute atomic E-state index is 12.3. The summed E-state index contributed by atoms with van der Waals surface area (Å²) in [5.74, 6) is -0.172. The molecule has 2 N–H and O–H groups in total. The molecule has 0 spiro atoms. The van der Waals surface area contributed by atoms with Crippen LogP contribution in [0.2, 0.25) is 0 Å². The van der Waals surface area contributed by atoms with Gasteiger partial charge in [0, 0.05) is 11.5 Å². The van der Waals surface area contributed by atoms with Gasteiger partial charge in [-0.05, 0) is 30.4 Å². The van der Waals surface area contributed by atoms with Crippen molar-refractivity contribution in [3.05, 3.63) is 58.3 Å². The molecular weight excluding hydrogens is 270 g/mol. The molecule has 1 aromatic carbocycles. The number of carbonyl (C=O) groups is 1. The number of carbonyl (C=O) groups excluding carboxylic acids is 1. The second kappa shape index (κ2) is 7.22. The Morgan fingerprint density at radius 1 is 1.25 bits per heavy atom. The first kappa shape index (κ1) is 14.8. The maximum Gasteiger partial charge on any atom is 0.228 e. The van der Waals surface area contributed by atoms with Crippen LogP contribution in [0.3, 0.4) is 0 Å². The average molecular weight is 289 g/mol. The molecule has 0 saturated carbocycles. The van der Waals surface area contributed by atoms with Crippen LogP contribution in [0.4, 0.5) is 0 Å². The van der Waals surface area contributed by atoms with Gasteiger partial charge in [-0.15, -0.1) is 11.3 Å². The Hall–Kier alpha value is -1.65. The average Bonchev–Trinajstić information content (AvgIpc) is 3.01. The number of hydrogen-bond donors (Lipinski definition) is 2. The van der Waals surface area contributed by atoms with Crippen molar-refractivity contribution in [1.82, 2.24) is 5.32 Å². The number of rotatable bonds is 6. The zero-order chi connectivity index (χ0) is 14.4. The van der Waals surface area contributed by atoms with Crippen molar-refractivity contribution in [2.24, 2.45) is 0 Å². The van der Waals surface area contributed by atoms with E-state index in [0.717, 1.165) is 10.4 Å². The lowest BCUT2D eigenvalue weighted by Gasteiger charge is -2.20. The second-order valence-corrected chi connectivity index (χ2v) is 5.70. The van der Waals surface area contributed by atoms with E-state index >= 15 is 0 Å². The number of benzene rings is 1. The van der Waals surface area contributed by atoms with Gasteiger partial charge in [-0.25, -0.2) is 0 Å². The van der Waals surface area contributed by atoms with Gasteiger partial charge < -0.3 is 10.4 Å². The topological polar surface area (TPSA) is 49.3 Å². The van der Waals surface area contributed by atoms with Gasteiger partial charge in [0.15, 0.2) is 0 Å². The Morgan fingerprint density at radius 3 is 2.60 bits per heavy atom. The first-order valence-electron chi connectivity index (χ1n) is 6.72. The highest BCUT2D eigenvalue weighted by atomic mass is 32.1. The molecule has 2 unspecified atom stereocenters. The summed E-state index contributed by atoms with van der Waals surface area (Å²) >= 11 is 1.59. The molecule has 0 aliphatic rings. The van der Waals surface area contributed by atoms with Gasteiger partial charge >= 0.3 is 0 Å². The fraction of sp³-hybridized carbons (Fsp3) is 0.312. The standard InChI is InChI=1S/C16H19NO2S/c1-12(15-8-5-11-20-15)16(19)17-14(9-10-18)13-6-3-2-4-7-13/h2-8,11-12,14,18H,9-10H2,1H3,(H,17,19). The van der Waals surface area contributed by atoms with Crippen molar-refractivity contribution in [3.8, 4) is 0 Å². The van der Waals surface area contributed by atoms with E-state index in [0.29, 0.717) is 6.42 Å². The Bertz CT molecular complexity index is 525. The van der Waals surface area contributed by atoms with Crippen LogP contribution < -0.4 is 5.32 Å². The van der Waals surface area contributed by atoms with Gasteiger partial charge in [0.25, 0.3) is 0 Å². The van der Waals surface area contributed by atoms with E-state index in [4.69, 9.17) is 0 Å². The van der Waals surface area contributed by atoms with Gasteiger partial charge in [-0.2, -0.15) is 0 Å². The molecule has 3 nitrogen and oxygen atoms in total. The highest BCUT2D eigenvalue weighted by Crippen LogP contribution is 2.23. The van der Waals surface area contributed by atoms with Gasteiger partial charge in [0.05, 0.1) is 12.0 Å². The number of amides is 1. The fourth-order valence-electron chi connectivity index (χ4n) is 2.10. The van der Waals surface area contributed by atoms with Crippen molar-refractivity contribution in [2.45, 2.75) is 25.3 Å². The van der Waals surface area contributed by atoms with Crippen LogP contribution in [0, 0.1) is 0 Å². The Morgan fingerprint density at radius 2 is 2.00 bits per heavy atom. The summed E-state index contributed by atoms with van der Waals surface area (Å²) in [7, 11) is 0. The quantitative estimate of drug-likeness (QED) is 0.858. The van der Waals surface area contributed by atoms with Crippen LogP contribution >= 0.6 is 11.3 Å². The third-order valence-corrected chi connectivity index (χ3v) is 4.35. The largest absolute Gasteiger partial charge is 0.396 e. The molecule has 0 bridgehead atoms. The summed E-state index contributed by atoms with van der Waals surface area (Å²) < 4.78 is 0. The molecule has 1 heterocycles. The summed E-state index contributed by atoms with van der Waals surface area (Å²) in [6.45, 7) is 1.95. The predicted octanol–water partition coefficient (Wildman–Crippen LogP) is 3.09. The second-order valence-electron chi connectivity index (χ2n) is 4.72. The summed E-state index contributed by atoms with van der Waals surface area (Å²) in [4.78, 5) is 13.4. The predicted molar refractivity (Wildman–Crippen MR) is 81.8 cm³/mol. The fourth-order valence-corrected chi connectivity index (χ4v) is 2.88. The lowest BCUT2D eigenvalue weighted by molar-refractivity contribution is -0.123. The molecule has 2 rings (SSSR count). The summed E-state index contributed by atoms with van der Waals surface area (Å²) in [5, 5.41) is 14.2. The first-order valence-corrected chi connectivity index (χ1v) is 7.60. The lowest BCUT2D eigenvalue weighted by atomic mass is 10.0. The van der Waals surface area contributed by atoms with E-state index in [-0.39, 0.29) is 24.5 Å². The van der Waals surface area contributed by atoms with Crippen LogP contribution in [0.25, 0.3) is 0 Å². The SMILES string of the molecule is CC(C(=O)NC(CCO)c1ccccc1)c1cccs1. The first-order chi connectivity index (χ1) is 9.72. The number of nitrogens with one attached hydrogen (secondary N) is 1. The molecule has 4 heteroatoms. The van der Waals surface area contributed by atoms with E-state index in [1.807, 2.05) is 54.8 Å². The molecule has 1 aromatic heterocycles. The number of hydrogen-bond acceptors (Lipinski definition) is 3. The van der Waals surface area contributed by atoms with Crippen LogP contribution in [0.5, 0.6) is 0 Å². The summed E-state index contributed by atoms with van der Waals surface area (Å²) in [6.07, 6.45) is 0.521. The van der Waals surface area contributed by atoms with Crippen LogP contribution in [-0.2, 0) is 4.79 Å². The maximum atomic E-state index is 12.3. The highest BCUT2D eigenvalue weighted by Gasteiger charge is 2.20. The zero-order valence-electron chi connectivity index (χ0n) is 11.5. The van der Waals surface area contributed by atoms with Crippen molar-refractivity contribution >= 4 is 17.2 Å². The molecule has 2 aromatic rings. The smallest absolute Gasteiger partial charge is 0.228 e. The van der Waals surface area contributed by atoms with E-state index in [1.54, 1.807) is 11.3 Å². The number of aliphatic hydroxyl groups is 1. The molecule has 20 heavy (non-hydrogen) atoms. The molecular formula is C16H19NO2S. The molecule has 0 saturated heterocycles. The van der Waals surface area contributed by atoms with Crippen molar-refractivity contribution < 1.29 is 9.90 Å². The molecule has 2 atom stereocenters. The minimum Gasteiger partial charge on any atom is -0.396 e. The highest BCUT2D eigenvalue weighted by molar-refractivity contribution is 7.10. The monoisotopic (exact) mass is 289 g/mol. The van der Waals surface area contributed by atoms with Crippen LogP contribution in [-0.4, -0.2) is 17.6 Å². The minimum atomic E-state index is -0.167.